The summed E-state index contributed by atoms with van der Waals surface area (Å²) in [6.07, 6.45) is 1.84. The number of aliphatic hydroxyl groups is 1. The van der Waals surface area contributed by atoms with Crippen molar-refractivity contribution in [1.29, 1.82) is 0 Å². The highest BCUT2D eigenvalue weighted by Crippen LogP contribution is 2.34. The van der Waals surface area contributed by atoms with Gasteiger partial charge in [-0.1, -0.05) is 19.1 Å². The molecule has 2 atom stereocenters. The van der Waals surface area contributed by atoms with Gasteiger partial charge in [0.1, 0.15) is 11.6 Å². The Bertz CT molecular complexity index is 1180. The zero-order chi connectivity index (χ0) is 25.1. The minimum Gasteiger partial charge on any atom is -0.388 e. The van der Waals surface area contributed by atoms with Crippen LogP contribution in [0.2, 0.25) is 0 Å². The van der Waals surface area contributed by atoms with E-state index in [0.29, 0.717) is 35.5 Å². The predicted octanol–water partition coefficient (Wildman–Crippen LogP) is 4.05. The molecule has 184 valence electrons. The Morgan fingerprint density at radius 2 is 2.00 bits per heavy atom. The molecular weight excluding hydrogens is 452 g/mol. The fourth-order valence-corrected chi connectivity index (χ4v) is 4.06. The van der Waals surface area contributed by atoms with Gasteiger partial charge in [-0.15, -0.1) is 10.2 Å². The highest BCUT2D eigenvalue weighted by molar-refractivity contribution is 5.95. The molecule has 1 fully saturated rings. The Labute approximate surface area is 203 Å². The molecule has 0 unspecified atom stereocenters. The number of amides is 1. The van der Waals surface area contributed by atoms with Crippen molar-refractivity contribution in [3.05, 3.63) is 71.8 Å². The summed E-state index contributed by atoms with van der Waals surface area (Å²) in [4.78, 5) is 16.6. The first-order chi connectivity index (χ1) is 16.7. The molecule has 0 bridgehead atoms. The van der Waals surface area contributed by atoms with Gasteiger partial charge in [-0.2, -0.15) is 0 Å². The number of anilines is 1. The summed E-state index contributed by atoms with van der Waals surface area (Å²) in [7, 11) is 0. The molecule has 1 amide bonds. The minimum atomic E-state index is -1.15. The summed E-state index contributed by atoms with van der Waals surface area (Å²) in [5.74, 6) is -0.287. The van der Waals surface area contributed by atoms with E-state index in [2.05, 4.69) is 25.8 Å². The molecule has 9 heteroatoms. The summed E-state index contributed by atoms with van der Waals surface area (Å²) in [5, 5.41) is 24.3. The molecule has 2 heterocycles. The standard InChI is InChI=1S/C26H29F2N5O2/c1-17(27)14-25(2,23-20(28)7-4-12-29-23)15-30-22-9-8-21(32-33-22)18-5-3-6-19(13-18)24(34)31-16-26(35)10-11-26/h3-9,12-13,17,35H,10-11,14-16H2,1-2H3,(H,30,33)(H,31,34)/t17-,25-/m0/s1. The van der Waals surface area contributed by atoms with Crippen molar-refractivity contribution >= 4 is 11.7 Å². The third-order valence-corrected chi connectivity index (χ3v) is 6.21. The van der Waals surface area contributed by atoms with Crippen LogP contribution in [0.15, 0.2) is 54.7 Å². The van der Waals surface area contributed by atoms with E-state index >= 15 is 0 Å². The third kappa shape index (κ3) is 6.16. The van der Waals surface area contributed by atoms with E-state index in [9.17, 15) is 18.7 Å². The van der Waals surface area contributed by atoms with E-state index < -0.39 is 23.0 Å². The van der Waals surface area contributed by atoms with Crippen LogP contribution >= 0.6 is 0 Å². The number of aromatic nitrogens is 3. The smallest absolute Gasteiger partial charge is 0.251 e. The highest BCUT2D eigenvalue weighted by Gasteiger charge is 2.40. The zero-order valence-electron chi connectivity index (χ0n) is 19.8. The number of nitrogens with zero attached hydrogens (tertiary/aromatic N) is 3. The van der Waals surface area contributed by atoms with Gasteiger partial charge < -0.3 is 15.7 Å². The fraction of sp³-hybridized carbons (Fsp3) is 0.385. The molecule has 3 N–H and O–H groups in total. The molecular formula is C26H29F2N5O2. The molecule has 1 aliphatic carbocycles. The van der Waals surface area contributed by atoms with Crippen LogP contribution in [0.25, 0.3) is 11.3 Å². The van der Waals surface area contributed by atoms with Crippen LogP contribution in [0.1, 0.15) is 49.2 Å². The van der Waals surface area contributed by atoms with Crippen molar-refractivity contribution in [2.24, 2.45) is 0 Å². The van der Waals surface area contributed by atoms with Gasteiger partial charge in [0.05, 0.1) is 23.2 Å². The SMILES string of the molecule is C[C@H](F)C[C@@](C)(CNc1ccc(-c2cccc(C(=O)NCC3(O)CC3)c2)nn1)c1ncccc1F. The number of halogens is 2. The lowest BCUT2D eigenvalue weighted by Gasteiger charge is -2.30. The second kappa shape index (κ2) is 10.0. The maximum Gasteiger partial charge on any atom is 0.251 e. The third-order valence-electron chi connectivity index (χ3n) is 6.21. The first-order valence-electron chi connectivity index (χ1n) is 11.6. The van der Waals surface area contributed by atoms with E-state index in [-0.39, 0.29) is 31.1 Å². The van der Waals surface area contributed by atoms with Crippen molar-refractivity contribution in [2.45, 2.75) is 50.3 Å². The molecule has 7 nitrogen and oxygen atoms in total. The molecule has 0 spiro atoms. The predicted molar refractivity (Wildman–Crippen MR) is 129 cm³/mol. The molecule has 1 aromatic carbocycles. The zero-order valence-corrected chi connectivity index (χ0v) is 19.8. The Hall–Kier alpha value is -3.46. The van der Waals surface area contributed by atoms with Crippen molar-refractivity contribution < 1.29 is 18.7 Å². The molecule has 1 aliphatic rings. The number of rotatable bonds is 10. The van der Waals surface area contributed by atoms with Crippen LogP contribution in [0.3, 0.4) is 0 Å². The Balaban J connectivity index is 1.44. The average Bonchev–Trinajstić information content (AvgIpc) is 3.59. The van der Waals surface area contributed by atoms with Crippen LogP contribution in [0.4, 0.5) is 14.6 Å². The summed E-state index contributed by atoms with van der Waals surface area (Å²) in [6, 6.07) is 13.3. The van der Waals surface area contributed by atoms with Crippen LogP contribution < -0.4 is 10.6 Å². The number of carbonyl (C=O) groups excluding carboxylic acids is 1. The molecule has 2 aromatic heterocycles. The summed E-state index contributed by atoms with van der Waals surface area (Å²) in [5.41, 5.74) is 0.294. The van der Waals surface area contributed by atoms with Gasteiger partial charge in [0.2, 0.25) is 0 Å². The van der Waals surface area contributed by atoms with E-state index in [0.717, 1.165) is 0 Å². The number of carbonyl (C=O) groups is 1. The largest absolute Gasteiger partial charge is 0.388 e. The number of hydrogen-bond acceptors (Lipinski definition) is 6. The maximum atomic E-state index is 14.4. The minimum absolute atomic E-state index is 0.0890. The van der Waals surface area contributed by atoms with E-state index in [4.69, 9.17) is 0 Å². The first-order valence-corrected chi connectivity index (χ1v) is 11.6. The summed E-state index contributed by atoms with van der Waals surface area (Å²) >= 11 is 0. The quantitative estimate of drug-likeness (QED) is 0.404. The lowest BCUT2D eigenvalue weighted by atomic mass is 9.81. The summed E-state index contributed by atoms with van der Waals surface area (Å²) < 4.78 is 28.4. The Kier molecular flexibility index (Phi) is 7.07. The van der Waals surface area contributed by atoms with Gasteiger partial charge in [-0.05, 0) is 62.6 Å². The fourth-order valence-electron chi connectivity index (χ4n) is 4.06. The molecule has 0 aliphatic heterocycles. The molecule has 4 rings (SSSR count). The van der Waals surface area contributed by atoms with Gasteiger partial charge >= 0.3 is 0 Å². The van der Waals surface area contributed by atoms with E-state index in [1.165, 1.54) is 25.3 Å². The molecule has 35 heavy (non-hydrogen) atoms. The normalized spacial score (nSPS) is 16.7. The summed E-state index contributed by atoms with van der Waals surface area (Å²) in [6.45, 7) is 3.65. The lowest BCUT2D eigenvalue weighted by Crippen LogP contribution is -2.35. The lowest BCUT2D eigenvalue weighted by molar-refractivity contribution is 0.0896. The monoisotopic (exact) mass is 481 g/mol. The molecule has 1 saturated carbocycles. The highest BCUT2D eigenvalue weighted by atomic mass is 19.1. The molecule has 3 aromatic rings. The van der Waals surface area contributed by atoms with Crippen LogP contribution in [0.5, 0.6) is 0 Å². The maximum absolute atomic E-state index is 14.4. The van der Waals surface area contributed by atoms with Gasteiger partial charge in [0.25, 0.3) is 5.91 Å². The van der Waals surface area contributed by atoms with E-state index in [1.54, 1.807) is 37.3 Å². The van der Waals surface area contributed by atoms with Crippen molar-refractivity contribution in [1.82, 2.24) is 20.5 Å². The van der Waals surface area contributed by atoms with Gasteiger partial charge in [-0.25, -0.2) is 8.78 Å². The Morgan fingerprint density at radius 1 is 1.20 bits per heavy atom. The second-order valence-electron chi connectivity index (χ2n) is 9.52. The van der Waals surface area contributed by atoms with Crippen molar-refractivity contribution in [3.63, 3.8) is 0 Å². The number of hydrogen-bond donors (Lipinski definition) is 3. The van der Waals surface area contributed by atoms with Crippen molar-refractivity contribution in [2.75, 3.05) is 18.4 Å². The van der Waals surface area contributed by atoms with Gasteiger partial charge in [-0.3, -0.25) is 9.78 Å². The van der Waals surface area contributed by atoms with Gasteiger partial charge in [0, 0.05) is 35.8 Å². The van der Waals surface area contributed by atoms with Gasteiger partial charge in [0.15, 0.2) is 0 Å². The average molecular weight is 482 g/mol. The number of pyridine rings is 1. The molecule has 0 radical (unpaired) electrons. The second-order valence-corrected chi connectivity index (χ2v) is 9.52. The first kappa shape index (κ1) is 24.7. The topological polar surface area (TPSA) is 100 Å². The van der Waals surface area contributed by atoms with Crippen LogP contribution in [-0.4, -0.2) is 51.1 Å². The molecule has 0 saturated heterocycles. The van der Waals surface area contributed by atoms with Crippen LogP contribution in [-0.2, 0) is 5.41 Å². The van der Waals surface area contributed by atoms with Crippen LogP contribution in [0, 0.1) is 5.82 Å². The Morgan fingerprint density at radius 3 is 2.66 bits per heavy atom. The number of alkyl halides is 1. The number of nitrogens with one attached hydrogen (secondary N) is 2. The van der Waals surface area contributed by atoms with E-state index in [1.807, 2.05) is 6.07 Å². The number of benzene rings is 1. The van der Waals surface area contributed by atoms with Crippen molar-refractivity contribution in [3.8, 4) is 11.3 Å².